The SMILES string of the molecule is Cc1ccc(S(=O)(=O)N[C@@H](Cc2ccccc2)C(=O)N[C@@H](C)c2ccc(Br)cc2)cc1. The summed E-state index contributed by atoms with van der Waals surface area (Å²) in [5, 5.41) is 2.94. The molecule has 3 aromatic carbocycles. The molecule has 0 heterocycles. The fourth-order valence-electron chi connectivity index (χ4n) is 3.16. The number of carbonyl (C=O) groups is 1. The van der Waals surface area contributed by atoms with Crippen LogP contribution in [0.2, 0.25) is 0 Å². The van der Waals surface area contributed by atoms with E-state index >= 15 is 0 Å². The maximum absolute atomic E-state index is 13.1. The van der Waals surface area contributed by atoms with Crippen molar-refractivity contribution in [2.45, 2.75) is 37.2 Å². The van der Waals surface area contributed by atoms with Crippen molar-refractivity contribution in [3.8, 4) is 0 Å². The van der Waals surface area contributed by atoms with Gasteiger partial charge in [0.1, 0.15) is 6.04 Å². The predicted molar refractivity (Wildman–Crippen MR) is 126 cm³/mol. The van der Waals surface area contributed by atoms with E-state index in [9.17, 15) is 13.2 Å². The van der Waals surface area contributed by atoms with Crippen molar-refractivity contribution in [2.24, 2.45) is 0 Å². The van der Waals surface area contributed by atoms with Gasteiger partial charge in [-0.3, -0.25) is 4.79 Å². The molecule has 7 heteroatoms. The standard InChI is InChI=1S/C24H25BrN2O3S/c1-17-8-14-22(15-9-17)31(29,30)27-23(16-19-6-4-3-5-7-19)24(28)26-18(2)20-10-12-21(25)13-11-20/h3-15,18,23,27H,16H2,1-2H3,(H,26,28)/t18-,23-/m0/s1. The Labute approximate surface area is 192 Å². The maximum atomic E-state index is 13.1. The molecule has 0 aliphatic heterocycles. The monoisotopic (exact) mass is 500 g/mol. The number of rotatable bonds is 8. The van der Waals surface area contributed by atoms with Gasteiger partial charge >= 0.3 is 0 Å². The smallest absolute Gasteiger partial charge is 0.241 e. The van der Waals surface area contributed by atoms with E-state index in [0.717, 1.165) is 21.2 Å². The Hall–Kier alpha value is -2.48. The highest BCUT2D eigenvalue weighted by Gasteiger charge is 2.27. The molecule has 0 aliphatic carbocycles. The van der Waals surface area contributed by atoms with Crippen LogP contribution in [0.1, 0.15) is 29.7 Å². The van der Waals surface area contributed by atoms with Gasteiger partial charge in [-0.25, -0.2) is 8.42 Å². The number of halogens is 1. The molecule has 0 saturated carbocycles. The number of hydrogen-bond donors (Lipinski definition) is 2. The summed E-state index contributed by atoms with van der Waals surface area (Å²) in [5.41, 5.74) is 2.75. The number of carbonyl (C=O) groups excluding carboxylic acids is 1. The summed E-state index contributed by atoms with van der Waals surface area (Å²) < 4.78 is 29.4. The minimum absolute atomic E-state index is 0.130. The first-order valence-electron chi connectivity index (χ1n) is 9.93. The Kier molecular flexibility index (Phi) is 7.64. The Bertz CT molecular complexity index is 1120. The number of hydrogen-bond acceptors (Lipinski definition) is 3. The molecular weight excluding hydrogens is 476 g/mol. The van der Waals surface area contributed by atoms with Gasteiger partial charge in [0.2, 0.25) is 15.9 Å². The lowest BCUT2D eigenvalue weighted by molar-refractivity contribution is -0.123. The van der Waals surface area contributed by atoms with Crippen molar-refractivity contribution in [2.75, 3.05) is 0 Å². The summed E-state index contributed by atoms with van der Waals surface area (Å²) in [6.07, 6.45) is 0.241. The van der Waals surface area contributed by atoms with E-state index in [1.54, 1.807) is 24.3 Å². The van der Waals surface area contributed by atoms with Gasteiger partial charge in [0, 0.05) is 4.47 Å². The van der Waals surface area contributed by atoms with Gasteiger partial charge < -0.3 is 5.32 Å². The van der Waals surface area contributed by atoms with Crippen LogP contribution in [0, 0.1) is 6.92 Å². The molecule has 162 valence electrons. The van der Waals surface area contributed by atoms with Crippen LogP contribution >= 0.6 is 15.9 Å². The molecule has 0 unspecified atom stereocenters. The highest BCUT2D eigenvalue weighted by Crippen LogP contribution is 2.18. The van der Waals surface area contributed by atoms with Crippen LogP contribution in [-0.4, -0.2) is 20.4 Å². The third-order valence-electron chi connectivity index (χ3n) is 4.96. The van der Waals surface area contributed by atoms with E-state index in [1.807, 2.05) is 68.4 Å². The van der Waals surface area contributed by atoms with Crippen LogP contribution in [0.15, 0.2) is 88.2 Å². The lowest BCUT2D eigenvalue weighted by atomic mass is 10.0. The zero-order valence-electron chi connectivity index (χ0n) is 17.4. The number of amides is 1. The molecule has 5 nitrogen and oxygen atoms in total. The molecular formula is C24H25BrN2O3S. The summed E-state index contributed by atoms with van der Waals surface area (Å²) >= 11 is 3.40. The third-order valence-corrected chi connectivity index (χ3v) is 6.97. The number of sulfonamides is 1. The highest BCUT2D eigenvalue weighted by atomic mass is 79.9. The minimum Gasteiger partial charge on any atom is -0.348 e. The van der Waals surface area contributed by atoms with Gasteiger partial charge in [-0.05, 0) is 55.7 Å². The van der Waals surface area contributed by atoms with Crippen molar-refractivity contribution in [1.82, 2.24) is 10.0 Å². The van der Waals surface area contributed by atoms with Crippen molar-refractivity contribution in [1.29, 1.82) is 0 Å². The Morgan fingerprint density at radius 1 is 0.935 bits per heavy atom. The predicted octanol–water partition coefficient (Wildman–Crippen LogP) is 4.52. The molecule has 2 N–H and O–H groups in total. The molecule has 1 amide bonds. The van der Waals surface area contributed by atoms with Gasteiger partial charge in [0.15, 0.2) is 0 Å². The number of benzene rings is 3. The van der Waals surface area contributed by atoms with Crippen LogP contribution in [0.3, 0.4) is 0 Å². The summed E-state index contributed by atoms with van der Waals surface area (Å²) in [6.45, 7) is 3.76. The van der Waals surface area contributed by atoms with E-state index in [2.05, 4.69) is 26.0 Å². The van der Waals surface area contributed by atoms with E-state index in [1.165, 1.54) is 0 Å². The fraction of sp³-hybridized carbons (Fsp3) is 0.208. The van der Waals surface area contributed by atoms with E-state index in [0.29, 0.717) is 0 Å². The van der Waals surface area contributed by atoms with Crippen molar-refractivity contribution in [3.63, 3.8) is 0 Å². The van der Waals surface area contributed by atoms with Crippen molar-refractivity contribution >= 4 is 31.9 Å². The van der Waals surface area contributed by atoms with Gasteiger partial charge in [0.25, 0.3) is 0 Å². The summed E-state index contributed by atoms with van der Waals surface area (Å²) in [4.78, 5) is 13.2. The van der Waals surface area contributed by atoms with Gasteiger partial charge in [-0.2, -0.15) is 4.72 Å². The molecule has 0 aliphatic rings. The van der Waals surface area contributed by atoms with Gasteiger partial charge in [0.05, 0.1) is 10.9 Å². The molecule has 31 heavy (non-hydrogen) atoms. The third kappa shape index (κ3) is 6.50. The molecule has 0 spiro atoms. The summed E-state index contributed by atoms with van der Waals surface area (Å²) in [5.74, 6) is -0.380. The van der Waals surface area contributed by atoms with E-state index in [4.69, 9.17) is 0 Å². The zero-order valence-corrected chi connectivity index (χ0v) is 19.8. The molecule has 0 saturated heterocycles. The first kappa shape index (κ1) is 23.2. The Balaban J connectivity index is 1.82. The normalized spacial score (nSPS) is 13.4. The largest absolute Gasteiger partial charge is 0.348 e. The molecule has 2 atom stereocenters. The summed E-state index contributed by atoms with van der Waals surface area (Å²) in [7, 11) is -3.86. The van der Waals surface area contributed by atoms with Gasteiger partial charge in [-0.1, -0.05) is 76.1 Å². The highest BCUT2D eigenvalue weighted by molar-refractivity contribution is 9.10. The first-order valence-corrected chi connectivity index (χ1v) is 12.2. The first-order chi connectivity index (χ1) is 14.7. The van der Waals surface area contributed by atoms with Crippen molar-refractivity contribution in [3.05, 3.63) is 100 Å². The lowest BCUT2D eigenvalue weighted by Crippen LogP contribution is -2.48. The molecule has 0 fully saturated rings. The molecule has 0 bridgehead atoms. The molecule has 0 radical (unpaired) electrons. The van der Waals surface area contributed by atoms with Crippen LogP contribution in [0.25, 0.3) is 0 Å². The topological polar surface area (TPSA) is 75.3 Å². The average molecular weight is 501 g/mol. The number of nitrogens with one attached hydrogen (secondary N) is 2. The van der Waals surface area contributed by atoms with Crippen LogP contribution < -0.4 is 10.0 Å². The van der Waals surface area contributed by atoms with Crippen LogP contribution in [-0.2, 0) is 21.2 Å². The zero-order chi connectivity index (χ0) is 22.4. The van der Waals surface area contributed by atoms with Gasteiger partial charge in [-0.15, -0.1) is 0 Å². The van der Waals surface area contributed by atoms with E-state index in [-0.39, 0.29) is 23.3 Å². The minimum atomic E-state index is -3.86. The average Bonchev–Trinajstić information content (AvgIpc) is 2.74. The maximum Gasteiger partial charge on any atom is 0.241 e. The van der Waals surface area contributed by atoms with Crippen molar-refractivity contribution < 1.29 is 13.2 Å². The molecule has 3 aromatic rings. The molecule has 0 aromatic heterocycles. The number of aryl methyl sites for hydroxylation is 1. The Morgan fingerprint density at radius 3 is 2.16 bits per heavy atom. The fourth-order valence-corrected chi connectivity index (χ4v) is 4.62. The van der Waals surface area contributed by atoms with E-state index < -0.39 is 16.1 Å². The Morgan fingerprint density at radius 2 is 1.55 bits per heavy atom. The quantitative estimate of drug-likeness (QED) is 0.477. The second-order valence-electron chi connectivity index (χ2n) is 7.46. The second-order valence-corrected chi connectivity index (χ2v) is 10.1. The lowest BCUT2D eigenvalue weighted by Gasteiger charge is -2.22. The molecule has 3 rings (SSSR count). The van der Waals surface area contributed by atoms with Crippen LogP contribution in [0.5, 0.6) is 0 Å². The summed E-state index contributed by atoms with van der Waals surface area (Å²) in [6, 6.07) is 22.3. The second kappa shape index (κ2) is 10.2. The van der Waals surface area contributed by atoms with Crippen LogP contribution in [0.4, 0.5) is 0 Å².